The molecule has 2 aromatic carbocycles. The van der Waals surface area contributed by atoms with Gasteiger partial charge in [0.1, 0.15) is 0 Å². The zero-order valence-corrected chi connectivity index (χ0v) is 14.1. The van der Waals surface area contributed by atoms with E-state index in [0.717, 1.165) is 35.4 Å². The van der Waals surface area contributed by atoms with Crippen molar-refractivity contribution in [3.63, 3.8) is 0 Å². The second-order valence-electron chi connectivity index (χ2n) is 5.20. The predicted octanol–water partition coefficient (Wildman–Crippen LogP) is 5.69. The summed E-state index contributed by atoms with van der Waals surface area (Å²) >= 11 is 5.84. The summed E-state index contributed by atoms with van der Waals surface area (Å²) in [5.41, 5.74) is 3.36. The van der Waals surface area contributed by atoms with E-state index in [1.165, 1.54) is 5.56 Å². The third-order valence-electron chi connectivity index (χ3n) is 3.33. The molecule has 0 spiro atoms. The molecule has 3 heteroatoms. The number of hydrogen-bond acceptors (Lipinski definition) is 2. The topological polar surface area (TPSA) is 24.7 Å². The fourth-order valence-electron chi connectivity index (χ4n) is 2.05. The molecular weight excluding hydrogens is 304 g/mol. The molecule has 0 saturated heterocycles. The Kier molecular flexibility index (Phi) is 7.28. The lowest BCUT2D eigenvalue weighted by Crippen LogP contribution is -1.86. The average Bonchev–Trinajstić information content (AvgIpc) is 2.58. The normalized spacial score (nSPS) is 11.9. The lowest BCUT2D eigenvalue weighted by molar-refractivity contribution is 0.992. The van der Waals surface area contributed by atoms with Gasteiger partial charge in [-0.2, -0.15) is 10.2 Å². The Morgan fingerprint density at radius 1 is 0.826 bits per heavy atom. The summed E-state index contributed by atoms with van der Waals surface area (Å²) in [6.45, 7) is 2.15. The first-order chi connectivity index (χ1) is 11.3. The third kappa shape index (κ3) is 6.62. The molecule has 23 heavy (non-hydrogen) atoms. The van der Waals surface area contributed by atoms with Crippen LogP contribution >= 0.6 is 11.6 Å². The van der Waals surface area contributed by atoms with Gasteiger partial charge in [-0.3, -0.25) is 0 Å². The molecule has 0 unspecified atom stereocenters. The smallest absolute Gasteiger partial charge is 0.0568 e. The van der Waals surface area contributed by atoms with Gasteiger partial charge < -0.3 is 0 Å². The Labute approximate surface area is 143 Å². The Hall–Kier alpha value is -2.19. The lowest BCUT2D eigenvalue weighted by atomic mass is 10.1. The molecule has 0 bridgehead atoms. The molecule has 0 aromatic heterocycles. The molecule has 2 nitrogen and oxygen atoms in total. The second kappa shape index (κ2) is 9.75. The summed E-state index contributed by atoms with van der Waals surface area (Å²) in [6, 6.07) is 15.9. The Morgan fingerprint density at radius 3 is 1.96 bits per heavy atom. The van der Waals surface area contributed by atoms with Crippen molar-refractivity contribution >= 4 is 24.0 Å². The first-order valence-corrected chi connectivity index (χ1v) is 8.21. The molecule has 0 aliphatic carbocycles. The number of nitrogens with zero attached hydrogens (tertiary/aromatic N) is 2. The van der Waals surface area contributed by atoms with Crippen LogP contribution in [0.25, 0.3) is 0 Å². The first kappa shape index (κ1) is 17.2. The van der Waals surface area contributed by atoms with Gasteiger partial charge in [0, 0.05) is 5.02 Å². The number of halogens is 1. The largest absolute Gasteiger partial charge is 0.159 e. The highest BCUT2D eigenvalue weighted by Gasteiger charge is 1.92. The Bertz CT molecular complexity index is 668. The van der Waals surface area contributed by atoms with Crippen molar-refractivity contribution in [2.24, 2.45) is 10.2 Å². The number of aryl methyl sites for hydroxylation is 1. The van der Waals surface area contributed by atoms with E-state index in [-0.39, 0.29) is 0 Å². The number of rotatable bonds is 7. The molecule has 0 saturated carbocycles. The van der Waals surface area contributed by atoms with Gasteiger partial charge in [-0.1, -0.05) is 67.1 Å². The molecule has 0 radical (unpaired) electrons. The molecule has 0 aliphatic rings. The number of hydrogen-bond donors (Lipinski definition) is 0. The monoisotopic (exact) mass is 324 g/mol. The second-order valence-corrected chi connectivity index (χ2v) is 5.64. The van der Waals surface area contributed by atoms with Crippen molar-refractivity contribution in [1.82, 2.24) is 0 Å². The highest BCUT2D eigenvalue weighted by molar-refractivity contribution is 6.30. The molecule has 0 aliphatic heterocycles. The van der Waals surface area contributed by atoms with E-state index in [1.54, 1.807) is 12.4 Å². The van der Waals surface area contributed by atoms with E-state index in [0.29, 0.717) is 0 Å². The van der Waals surface area contributed by atoms with Crippen LogP contribution in [-0.2, 0) is 6.42 Å². The van der Waals surface area contributed by atoms with E-state index in [9.17, 15) is 0 Å². The zero-order valence-electron chi connectivity index (χ0n) is 13.3. The lowest BCUT2D eigenvalue weighted by Gasteiger charge is -1.99. The van der Waals surface area contributed by atoms with Crippen LogP contribution in [0.4, 0.5) is 0 Å². The fraction of sp³-hybridized carbons (Fsp3) is 0.200. The summed E-state index contributed by atoms with van der Waals surface area (Å²) in [5.74, 6) is 0. The maximum absolute atomic E-state index is 5.84. The van der Waals surface area contributed by atoms with Crippen molar-refractivity contribution in [1.29, 1.82) is 0 Å². The van der Waals surface area contributed by atoms with Crippen LogP contribution in [0.3, 0.4) is 0 Å². The van der Waals surface area contributed by atoms with Crippen molar-refractivity contribution in [3.05, 3.63) is 82.4 Å². The fourth-order valence-corrected chi connectivity index (χ4v) is 2.18. The summed E-state index contributed by atoms with van der Waals surface area (Å²) in [4.78, 5) is 0. The van der Waals surface area contributed by atoms with Crippen molar-refractivity contribution in [2.75, 3.05) is 0 Å². The number of allylic oxidation sites excluding steroid dienone is 2. The predicted molar refractivity (Wildman–Crippen MR) is 101 cm³/mol. The highest BCUT2D eigenvalue weighted by Crippen LogP contribution is 2.08. The van der Waals surface area contributed by atoms with Crippen molar-refractivity contribution in [3.8, 4) is 0 Å². The maximum Gasteiger partial charge on any atom is 0.0568 e. The molecule has 0 N–H and O–H groups in total. The van der Waals surface area contributed by atoms with E-state index in [4.69, 9.17) is 11.6 Å². The molecule has 2 aromatic rings. The van der Waals surface area contributed by atoms with E-state index < -0.39 is 0 Å². The van der Waals surface area contributed by atoms with Crippen LogP contribution in [0.2, 0.25) is 5.02 Å². The van der Waals surface area contributed by atoms with Gasteiger partial charge in [0.25, 0.3) is 0 Å². The van der Waals surface area contributed by atoms with Gasteiger partial charge in [0.2, 0.25) is 0 Å². The SMILES string of the molecule is CC/C=C/CCc1ccc(C=NN=Cc2ccc(Cl)cc2)cc1. The van der Waals surface area contributed by atoms with Crippen LogP contribution in [0, 0.1) is 0 Å². The van der Waals surface area contributed by atoms with Gasteiger partial charge in [-0.05, 0) is 48.1 Å². The van der Waals surface area contributed by atoms with Crippen LogP contribution in [0.5, 0.6) is 0 Å². The van der Waals surface area contributed by atoms with Gasteiger partial charge in [-0.25, -0.2) is 0 Å². The maximum atomic E-state index is 5.84. The summed E-state index contributed by atoms with van der Waals surface area (Å²) < 4.78 is 0. The van der Waals surface area contributed by atoms with Crippen molar-refractivity contribution in [2.45, 2.75) is 26.2 Å². The van der Waals surface area contributed by atoms with E-state index in [2.05, 4.69) is 53.5 Å². The van der Waals surface area contributed by atoms with Crippen molar-refractivity contribution < 1.29 is 0 Å². The summed E-state index contributed by atoms with van der Waals surface area (Å²) in [7, 11) is 0. The molecule has 0 amide bonds. The minimum atomic E-state index is 0.718. The van der Waals surface area contributed by atoms with Crippen LogP contribution in [0.1, 0.15) is 36.5 Å². The Balaban J connectivity index is 1.85. The molecule has 0 fully saturated rings. The quantitative estimate of drug-likeness (QED) is 0.355. The molecule has 2 rings (SSSR count). The van der Waals surface area contributed by atoms with Crippen LogP contribution in [-0.4, -0.2) is 12.4 Å². The van der Waals surface area contributed by atoms with Gasteiger partial charge in [0.05, 0.1) is 12.4 Å². The Morgan fingerprint density at radius 2 is 1.39 bits per heavy atom. The van der Waals surface area contributed by atoms with Crippen LogP contribution in [0.15, 0.2) is 70.9 Å². The van der Waals surface area contributed by atoms with E-state index >= 15 is 0 Å². The summed E-state index contributed by atoms with van der Waals surface area (Å²) in [5, 5.41) is 8.85. The molecule has 118 valence electrons. The van der Waals surface area contributed by atoms with E-state index in [1.807, 2.05) is 24.3 Å². The van der Waals surface area contributed by atoms with Gasteiger partial charge in [-0.15, -0.1) is 0 Å². The standard InChI is InChI=1S/C20H21ClN2/c1-2-3-4-5-6-17-7-9-18(10-8-17)15-22-23-16-19-11-13-20(21)14-12-19/h3-4,7-16H,2,5-6H2,1H3/b4-3+,22-15?,23-16?. The minimum absolute atomic E-state index is 0.718. The van der Waals surface area contributed by atoms with Crippen LogP contribution < -0.4 is 0 Å². The zero-order chi connectivity index (χ0) is 16.3. The highest BCUT2D eigenvalue weighted by atomic mass is 35.5. The van der Waals surface area contributed by atoms with Gasteiger partial charge >= 0.3 is 0 Å². The number of benzene rings is 2. The molecule has 0 atom stereocenters. The third-order valence-corrected chi connectivity index (χ3v) is 3.58. The van der Waals surface area contributed by atoms with Gasteiger partial charge in [0.15, 0.2) is 0 Å². The average molecular weight is 325 g/mol. The summed E-state index contributed by atoms with van der Waals surface area (Å²) in [6.07, 6.45) is 11.2. The minimum Gasteiger partial charge on any atom is -0.159 e. The molecular formula is C20H21ClN2. The molecule has 0 heterocycles. The first-order valence-electron chi connectivity index (χ1n) is 7.84.